The summed E-state index contributed by atoms with van der Waals surface area (Å²) in [5.74, 6) is 2.86. The number of carbonyl (C=O) groups is 1. The van der Waals surface area contributed by atoms with Gasteiger partial charge in [0, 0.05) is 5.56 Å². The van der Waals surface area contributed by atoms with Crippen LogP contribution in [-0.4, -0.2) is 20.7 Å². The van der Waals surface area contributed by atoms with Crippen LogP contribution in [0.2, 0.25) is 19.6 Å². The topological polar surface area (TPSA) is 26.3 Å². The molecule has 1 aromatic rings. The van der Waals surface area contributed by atoms with Crippen molar-refractivity contribution in [1.29, 1.82) is 0 Å². The molecule has 0 atom stereocenters. The van der Waals surface area contributed by atoms with Crippen LogP contribution in [0.15, 0.2) is 24.3 Å². The fraction of sp³-hybridized carbons (Fsp3) is 0.357. The summed E-state index contributed by atoms with van der Waals surface area (Å²) >= 11 is 0. The summed E-state index contributed by atoms with van der Waals surface area (Å²) in [7, 11) is -1.34. The number of hydrogen-bond donors (Lipinski definition) is 0. The van der Waals surface area contributed by atoms with Crippen LogP contribution >= 0.6 is 0 Å². The van der Waals surface area contributed by atoms with Gasteiger partial charge in [-0.3, -0.25) is 0 Å². The van der Waals surface area contributed by atoms with Crippen LogP contribution in [0.25, 0.3) is 0 Å². The zero-order valence-electron chi connectivity index (χ0n) is 10.8. The Labute approximate surface area is 104 Å². The highest BCUT2D eigenvalue weighted by Crippen LogP contribution is 2.06. The van der Waals surface area contributed by atoms with E-state index in [1.54, 1.807) is 19.1 Å². The highest BCUT2D eigenvalue weighted by molar-refractivity contribution is 6.83. The second-order valence-corrected chi connectivity index (χ2v) is 9.55. The van der Waals surface area contributed by atoms with E-state index in [-0.39, 0.29) is 5.97 Å². The number of benzene rings is 1. The van der Waals surface area contributed by atoms with Gasteiger partial charge in [-0.15, -0.1) is 5.54 Å². The molecule has 0 heterocycles. The van der Waals surface area contributed by atoms with E-state index in [9.17, 15) is 4.79 Å². The number of hydrogen-bond acceptors (Lipinski definition) is 2. The molecule has 1 rings (SSSR count). The first-order valence-electron chi connectivity index (χ1n) is 5.73. The molecular formula is C14H18O2Si. The Morgan fingerprint density at radius 1 is 1.24 bits per heavy atom. The Balaban J connectivity index is 2.81. The van der Waals surface area contributed by atoms with Crippen molar-refractivity contribution in [1.82, 2.24) is 0 Å². The molecule has 0 N–H and O–H groups in total. The van der Waals surface area contributed by atoms with Gasteiger partial charge >= 0.3 is 5.97 Å². The molecule has 17 heavy (non-hydrogen) atoms. The van der Waals surface area contributed by atoms with Gasteiger partial charge in [0.15, 0.2) is 0 Å². The quantitative estimate of drug-likeness (QED) is 0.455. The van der Waals surface area contributed by atoms with E-state index in [1.807, 2.05) is 12.1 Å². The standard InChI is InChI=1S/C14H18O2Si/c1-5-16-14(15)13-8-6-12(7-9-13)10-11-17(2,3)4/h6-9H,5H2,1-4H3. The number of esters is 1. The first-order chi connectivity index (χ1) is 7.92. The van der Waals surface area contributed by atoms with E-state index >= 15 is 0 Å². The summed E-state index contributed by atoms with van der Waals surface area (Å²) in [4.78, 5) is 11.4. The van der Waals surface area contributed by atoms with Crippen LogP contribution in [0, 0.1) is 11.5 Å². The zero-order valence-corrected chi connectivity index (χ0v) is 11.8. The van der Waals surface area contributed by atoms with Gasteiger partial charge in [-0.25, -0.2) is 4.79 Å². The second-order valence-electron chi connectivity index (χ2n) is 4.80. The van der Waals surface area contributed by atoms with Crippen molar-refractivity contribution in [3.63, 3.8) is 0 Å². The van der Waals surface area contributed by atoms with Crippen LogP contribution in [0.5, 0.6) is 0 Å². The zero-order chi connectivity index (χ0) is 12.9. The van der Waals surface area contributed by atoms with Gasteiger partial charge in [0.2, 0.25) is 0 Å². The maximum absolute atomic E-state index is 11.4. The molecule has 0 aromatic heterocycles. The summed E-state index contributed by atoms with van der Waals surface area (Å²) in [5.41, 5.74) is 4.80. The summed E-state index contributed by atoms with van der Waals surface area (Å²) in [6.07, 6.45) is 0. The highest BCUT2D eigenvalue weighted by atomic mass is 28.3. The van der Waals surface area contributed by atoms with Gasteiger partial charge in [-0.05, 0) is 31.2 Å². The van der Waals surface area contributed by atoms with Gasteiger partial charge in [0.25, 0.3) is 0 Å². The van der Waals surface area contributed by atoms with Crippen LogP contribution in [0.4, 0.5) is 0 Å². The molecular weight excluding hydrogens is 228 g/mol. The maximum atomic E-state index is 11.4. The molecule has 0 unspecified atom stereocenters. The predicted molar refractivity (Wildman–Crippen MR) is 72.6 cm³/mol. The summed E-state index contributed by atoms with van der Waals surface area (Å²) in [6.45, 7) is 8.80. The van der Waals surface area contributed by atoms with Crippen molar-refractivity contribution in [2.75, 3.05) is 6.61 Å². The lowest BCUT2D eigenvalue weighted by Crippen LogP contribution is -2.16. The molecule has 0 saturated heterocycles. The molecule has 0 bridgehead atoms. The van der Waals surface area contributed by atoms with E-state index in [2.05, 4.69) is 31.1 Å². The molecule has 0 saturated carbocycles. The van der Waals surface area contributed by atoms with Crippen molar-refractivity contribution in [2.45, 2.75) is 26.6 Å². The van der Waals surface area contributed by atoms with Gasteiger partial charge < -0.3 is 4.74 Å². The highest BCUT2D eigenvalue weighted by Gasteiger charge is 2.08. The van der Waals surface area contributed by atoms with E-state index in [0.29, 0.717) is 12.2 Å². The minimum atomic E-state index is -1.34. The molecule has 0 amide bonds. The van der Waals surface area contributed by atoms with Gasteiger partial charge in [0.1, 0.15) is 8.07 Å². The predicted octanol–water partition coefficient (Wildman–Crippen LogP) is 3.09. The average molecular weight is 246 g/mol. The summed E-state index contributed by atoms with van der Waals surface area (Å²) in [6, 6.07) is 7.23. The third kappa shape index (κ3) is 4.88. The number of ether oxygens (including phenoxy) is 1. The van der Waals surface area contributed by atoms with Gasteiger partial charge in [-0.2, -0.15) is 0 Å². The Bertz CT molecular complexity index is 444. The largest absolute Gasteiger partial charge is 0.462 e. The summed E-state index contributed by atoms with van der Waals surface area (Å²) in [5, 5.41) is 0. The van der Waals surface area contributed by atoms with E-state index < -0.39 is 8.07 Å². The molecule has 0 spiro atoms. The van der Waals surface area contributed by atoms with Crippen molar-refractivity contribution >= 4 is 14.0 Å². The Hall–Kier alpha value is -1.53. The normalized spacial score (nSPS) is 10.4. The van der Waals surface area contributed by atoms with Crippen LogP contribution in [0.3, 0.4) is 0 Å². The fourth-order valence-corrected chi connectivity index (χ4v) is 1.68. The van der Waals surface area contributed by atoms with Gasteiger partial charge in [-0.1, -0.05) is 25.6 Å². The second kappa shape index (κ2) is 5.69. The molecule has 3 heteroatoms. The molecule has 1 aromatic carbocycles. The molecule has 0 aliphatic rings. The van der Waals surface area contributed by atoms with E-state index in [1.165, 1.54) is 0 Å². The third-order valence-corrected chi connectivity index (χ3v) is 2.85. The average Bonchev–Trinajstić information content (AvgIpc) is 2.26. The molecule has 0 fully saturated rings. The van der Waals surface area contributed by atoms with Crippen molar-refractivity contribution in [3.8, 4) is 11.5 Å². The minimum absolute atomic E-state index is 0.280. The first kappa shape index (κ1) is 13.5. The van der Waals surface area contributed by atoms with Gasteiger partial charge in [0.05, 0.1) is 12.2 Å². The maximum Gasteiger partial charge on any atom is 0.338 e. The van der Waals surface area contributed by atoms with Crippen LogP contribution < -0.4 is 0 Å². The van der Waals surface area contributed by atoms with Crippen molar-refractivity contribution < 1.29 is 9.53 Å². The van der Waals surface area contributed by atoms with Crippen LogP contribution in [-0.2, 0) is 4.74 Å². The fourth-order valence-electron chi connectivity index (χ4n) is 1.16. The van der Waals surface area contributed by atoms with E-state index in [0.717, 1.165) is 5.56 Å². The number of rotatable bonds is 2. The van der Waals surface area contributed by atoms with Crippen molar-refractivity contribution in [2.24, 2.45) is 0 Å². The molecule has 0 radical (unpaired) electrons. The Morgan fingerprint density at radius 3 is 2.29 bits per heavy atom. The lowest BCUT2D eigenvalue weighted by atomic mass is 10.1. The lowest BCUT2D eigenvalue weighted by Gasteiger charge is -2.04. The van der Waals surface area contributed by atoms with E-state index in [4.69, 9.17) is 4.74 Å². The summed E-state index contributed by atoms with van der Waals surface area (Å²) < 4.78 is 4.91. The molecule has 2 nitrogen and oxygen atoms in total. The molecule has 0 aliphatic carbocycles. The monoisotopic (exact) mass is 246 g/mol. The van der Waals surface area contributed by atoms with Crippen molar-refractivity contribution in [3.05, 3.63) is 35.4 Å². The molecule has 90 valence electrons. The third-order valence-electron chi connectivity index (χ3n) is 1.98. The minimum Gasteiger partial charge on any atom is -0.462 e. The Kier molecular flexibility index (Phi) is 4.53. The molecule has 0 aliphatic heterocycles. The SMILES string of the molecule is CCOC(=O)c1ccc(C#C[Si](C)(C)C)cc1. The smallest absolute Gasteiger partial charge is 0.338 e. The lowest BCUT2D eigenvalue weighted by molar-refractivity contribution is 0.0526. The Morgan fingerprint density at radius 2 is 1.82 bits per heavy atom. The van der Waals surface area contributed by atoms with Crippen LogP contribution in [0.1, 0.15) is 22.8 Å². The number of carbonyl (C=O) groups excluding carboxylic acids is 1. The first-order valence-corrected chi connectivity index (χ1v) is 9.23.